The van der Waals surface area contributed by atoms with Crippen LogP contribution in [-0.2, 0) is 6.54 Å². The Balaban J connectivity index is 1.59. The molecule has 1 saturated carbocycles. The van der Waals surface area contributed by atoms with Crippen LogP contribution in [-0.4, -0.2) is 16.0 Å². The minimum Gasteiger partial charge on any atom is -0.310 e. The molecule has 2 aromatic rings. The number of benzene rings is 1. The lowest BCUT2D eigenvalue weighted by atomic mass is 10.3. The standard InChI is InChI=1S/C14H14FN3S/c15-11-1-5-13(6-2-11)19-14-17-8-10(9-18-14)7-16-12-3-4-12/h1-2,5-6,8-9,12,16H,3-4,7H2. The first kappa shape index (κ1) is 12.6. The number of hydrogen-bond acceptors (Lipinski definition) is 4. The van der Waals surface area contributed by atoms with E-state index in [-0.39, 0.29) is 5.82 Å². The van der Waals surface area contributed by atoms with Gasteiger partial charge in [-0.3, -0.25) is 0 Å². The third kappa shape index (κ3) is 3.75. The lowest BCUT2D eigenvalue weighted by molar-refractivity contribution is 0.626. The summed E-state index contributed by atoms with van der Waals surface area (Å²) in [6.45, 7) is 0.826. The average molecular weight is 275 g/mol. The number of nitrogens with one attached hydrogen (secondary N) is 1. The molecule has 0 aliphatic heterocycles. The summed E-state index contributed by atoms with van der Waals surface area (Å²) in [5, 5.41) is 4.10. The van der Waals surface area contributed by atoms with Crippen LogP contribution >= 0.6 is 11.8 Å². The molecule has 0 radical (unpaired) electrons. The monoisotopic (exact) mass is 275 g/mol. The van der Waals surface area contributed by atoms with Crippen LogP contribution in [0.15, 0.2) is 46.7 Å². The fraction of sp³-hybridized carbons (Fsp3) is 0.286. The van der Waals surface area contributed by atoms with E-state index in [1.165, 1.54) is 36.7 Å². The molecule has 1 aromatic heterocycles. The molecule has 1 aliphatic carbocycles. The van der Waals surface area contributed by atoms with Crippen LogP contribution in [0, 0.1) is 5.82 Å². The predicted octanol–water partition coefficient (Wildman–Crippen LogP) is 3.02. The summed E-state index contributed by atoms with van der Waals surface area (Å²) < 4.78 is 12.8. The average Bonchev–Trinajstić information content (AvgIpc) is 3.25. The van der Waals surface area contributed by atoms with Crippen molar-refractivity contribution < 1.29 is 4.39 Å². The summed E-state index contributed by atoms with van der Waals surface area (Å²) in [5.74, 6) is -0.230. The molecule has 1 fully saturated rings. The van der Waals surface area contributed by atoms with Crippen molar-refractivity contribution >= 4 is 11.8 Å². The zero-order valence-electron chi connectivity index (χ0n) is 10.3. The summed E-state index contributed by atoms with van der Waals surface area (Å²) in [6.07, 6.45) is 6.24. The van der Waals surface area contributed by atoms with Crippen molar-refractivity contribution in [2.75, 3.05) is 0 Å². The Hall–Kier alpha value is -1.46. The highest BCUT2D eigenvalue weighted by Gasteiger charge is 2.19. The summed E-state index contributed by atoms with van der Waals surface area (Å²) in [4.78, 5) is 9.56. The van der Waals surface area contributed by atoms with E-state index in [9.17, 15) is 4.39 Å². The van der Waals surface area contributed by atoms with Gasteiger partial charge in [0.25, 0.3) is 0 Å². The topological polar surface area (TPSA) is 37.8 Å². The predicted molar refractivity (Wildman–Crippen MR) is 72.4 cm³/mol. The van der Waals surface area contributed by atoms with E-state index in [1.807, 2.05) is 12.4 Å². The van der Waals surface area contributed by atoms with Crippen LogP contribution in [0.4, 0.5) is 4.39 Å². The molecule has 1 aliphatic rings. The zero-order valence-corrected chi connectivity index (χ0v) is 11.2. The number of rotatable bonds is 5. The van der Waals surface area contributed by atoms with E-state index in [1.54, 1.807) is 12.1 Å². The van der Waals surface area contributed by atoms with E-state index in [0.29, 0.717) is 11.2 Å². The lowest BCUT2D eigenvalue weighted by Crippen LogP contribution is -2.15. The molecular weight excluding hydrogens is 261 g/mol. The maximum atomic E-state index is 12.8. The van der Waals surface area contributed by atoms with Crippen LogP contribution in [0.5, 0.6) is 0 Å². The molecule has 0 amide bonds. The minimum atomic E-state index is -0.230. The lowest BCUT2D eigenvalue weighted by Gasteiger charge is -2.03. The highest BCUT2D eigenvalue weighted by Crippen LogP contribution is 2.24. The largest absolute Gasteiger partial charge is 0.310 e. The van der Waals surface area contributed by atoms with Gasteiger partial charge in [-0.05, 0) is 48.9 Å². The van der Waals surface area contributed by atoms with Gasteiger partial charge in [0, 0.05) is 35.4 Å². The Morgan fingerprint density at radius 1 is 1.16 bits per heavy atom. The molecule has 19 heavy (non-hydrogen) atoms. The van der Waals surface area contributed by atoms with E-state index >= 15 is 0 Å². The van der Waals surface area contributed by atoms with Crippen LogP contribution in [0.2, 0.25) is 0 Å². The van der Waals surface area contributed by atoms with Crippen molar-refractivity contribution in [2.45, 2.75) is 35.5 Å². The Kier molecular flexibility index (Phi) is 3.75. The normalized spacial score (nSPS) is 14.6. The molecule has 1 N–H and O–H groups in total. The van der Waals surface area contributed by atoms with E-state index in [2.05, 4.69) is 15.3 Å². The Morgan fingerprint density at radius 3 is 2.47 bits per heavy atom. The van der Waals surface area contributed by atoms with Crippen molar-refractivity contribution in [1.29, 1.82) is 0 Å². The molecular formula is C14H14FN3S. The van der Waals surface area contributed by atoms with Gasteiger partial charge in [0.2, 0.25) is 0 Å². The zero-order chi connectivity index (χ0) is 13.1. The van der Waals surface area contributed by atoms with Gasteiger partial charge >= 0.3 is 0 Å². The number of aromatic nitrogens is 2. The van der Waals surface area contributed by atoms with Crippen LogP contribution in [0.1, 0.15) is 18.4 Å². The van der Waals surface area contributed by atoms with E-state index < -0.39 is 0 Å². The van der Waals surface area contributed by atoms with Gasteiger partial charge in [-0.2, -0.15) is 0 Å². The van der Waals surface area contributed by atoms with Crippen molar-refractivity contribution in [3.8, 4) is 0 Å². The highest BCUT2D eigenvalue weighted by atomic mass is 32.2. The molecule has 0 spiro atoms. The molecule has 1 heterocycles. The van der Waals surface area contributed by atoms with Gasteiger partial charge in [-0.1, -0.05) is 0 Å². The first-order chi connectivity index (χ1) is 9.29. The quantitative estimate of drug-likeness (QED) is 0.851. The smallest absolute Gasteiger partial charge is 0.192 e. The van der Waals surface area contributed by atoms with E-state index in [0.717, 1.165) is 17.0 Å². The third-order valence-electron chi connectivity index (χ3n) is 2.88. The number of halogens is 1. The highest BCUT2D eigenvalue weighted by molar-refractivity contribution is 7.99. The molecule has 1 aromatic carbocycles. The maximum absolute atomic E-state index is 12.8. The molecule has 0 unspecified atom stereocenters. The summed E-state index contributed by atoms with van der Waals surface area (Å²) in [5.41, 5.74) is 1.09. The molecule has 3 nitrogen and oxygen atoms in total. The van der Waals surface area contributed by atoms with Gasteiger partial charge in [0.05, 0.1) is 0 Å². The summed E-state index contributed by atoms with van der Waals surface area (Å²) in [6, 6.07) is 7.03. The van der Waals surface area contributed by atoms with Gasteiger partial charge in [-0.25, -0.2) is 14.4 Å². The van der Waals surface area contributed by atoms with Crippen LogP contribution in [0.3, 0.4) is 0 Å². The molecule has 98 valence electrons. The number of nitrogens with zero attached hydrogens (tertiary/aromatic N) is 2. The minimum absolute atomic E-state index is 0.230. The van der Waals surface area contributed by atoms with E-state index in [4.69, 9.17) is 0 Å². The fourth-order valence-electron chi connectivity index (χ4n) is 1.64. The molecule has 0 atom stereocenters. The van der Waals surface area contributed by atoms with Crippen molar-refractivity contribution in [3.05, 3.63) is 48.0 Å². The third-order valence-corrected chi connectivity index (χ3v) is 3.78. The molecule has 3 rings (SSSR count). The van der Waals surface area contributed by atoms with Crippen molar-refractivity contribution in [3.63, 3.8) is 0 Å². The summed E-state index contributed by atoms with van der Waals surface area (Å²) in [7, 11) is 0. The molecule has 5 heteroatoms. The molecule has 0 saturated heterocycles. The first-order valence-corrected chi connectivity index (χ1v) is 7.09. The SMILES string of the molecule is Fc1ccc(Sc2ncc(CNC3CC3)cn2)cc1. The first-order valence-electron chi connectivity index (χ1n) is 6.27. The Bertz CT molecular complexity index is 538. The fourth-order valence-corrected chi connectivity index (χ4v) is 2.34. The second-order valence-corrected chi connectivity index (χ2v) is 5.63. The second kappa shape index (κ2) is 5.67. The number of hydrogen-bond donors (Lipinski definition) is 1. The molecule has 0 bridgehead atoms. The Morgan fingerprint density at radius 2 is 1.84 bits per heavy atom. The van der Waals surface area contributed by atoms with Crippen molar-refractivity contribution in [2.24, 2.45) is 0 Å². The van der Waals surface area contributed by atoms with Crippen LogP contribution < -0.4 is 5.32 Å². The maximum Gasteiger partial charge on any atom is 0.192 e. The van der Waals surface area contributed by atoms with Gasteiger partial charge in [-0.15, -0.1) is 0 Å². The Labute approximate surface area is 115 Å². The second-order valence-electron chi connectivity index (χ2n) is 4.59. The summed E-state index contributed by atoms with van der Waals surface area (Å²) >= 11 is 1.43. The van der Waals surface area contributed by atoms with Crippen molar-refractivity contribution in [1.82, 2.24) is 15.3 Å². The van der Waals surface area contributed by atoms with Crippen LogP contribution in [0.25, 0.3) is 0 Å². The van der Waals surface area contributed by atoms with Gasteiger partial charge in [0.1, 0.15) is 5.82 Å². The van der Waals surface area contributed by atoms with Gasteiger partial charge in [0.15, 0.2) is 5.16 Å². The van der Waals surface area contributed by atoms with Gasteiger partial charge < -0.3 is 5.32 Å².